The molecular formula is C20H22ClFN6O2. The highest BCUT2D eigenvalue weighted by atomic mass is 35.5. The largest absolute Gasteiger partial charge is 0.396 e. The molecule has 1 aliphatic carbocycles. The van der Waals surface area contributed by atoms with Gasteiger partial charge in [-0.15, -0.1) is 0 Å². The predicted molar refractivity (Wildman–Crippen MR) is 112 cm³/mol. The molecule has 2 atom stereocenters. The summed E-state index contributed by atoms with van der Waals surface area (Å²) in [4.78, 5) is 27.5. The number of hydrogen-bond acceptors (Lipinski definition) is 6. The molecule has 158 valence electrons. The highest BCUT2D eigenvalue weighted by molar-refractivity contribution is 6.31. The van der Waals surface area contributed by atoms with Crippen LogP contribution in [-0.4, -0.2) is 49.6 Å². The third kappa shape index (κ3) is 4.52. The highest BCUT2D eigenvalue weighted by Crippen LogP contribution is 2.29. The Hall–Kier alpha value is -2.78. The first-order valence-electron chi connectivity index (χ1n) is 9.86. The van der Waals surface area contributed by atoms with E-state index in [1.165, 1.54) is 0 Å². The molecular weight excluding hydrogens is 411 g/mol. The molecule has 0 aliphatic heterocycles. The molecule has 30 heavy (non-hydrogen) atoms. The lowest BCUT2D eigenvalue weighted by Crippen LogP contribution is -2.42. The average Bonchev–Trinajstić information content (AvgIpc) is 3.13. The second kappa shape index (κ2) is 8.93. The van der Waals surface area contributed by atoms with Crippen LogP contribution in [0.5, 0.6) is 0 Å². The van der Waals surface area contributed by atoms with Gasteiger partial charge in [-0.3, -0.25) is 4.79 Å². The SMILES string of the molecule is O=C(CCO)N[C@@H]1CCC[C@H](Nc2nc(-c3c[nH]c4ncc(Cl)cc34)ncc2F)C1. The van der Waals surface area contributed by atoms with Gasteiger partial charge in [0.1, 0.15) is 5.65 Å². The fourth-order valence-corrected chi connectivity index (χ4v) is 3.97. The molecule has 1 amide bonds. The maximum atomic E-state index is 14.4. The molecule has 10 heteroatoms. The van der Waals surface area contributed by atoms with Crippen LogP contribution in [0.3, 0.4) is 0 Å². The number of aliphatic hydroxyl groups is 1. The number of aliphatic hydroxyl groups excluding tert-OH is 1. The summed E-state index contributed by atoms with van der Waals surface area (Å²) in [5.74, 6) is -0.235. The van der Waals surface area contributed by atoms with E-state index in [9.17, 15) is 9.18 Å². The van der Waals surface area contributed by atoms with Gasteiger partial charge in [-0.1, -0.05) is 11.6 Å². The number of halogens is 2. The average molecular weight is 433 g/mol. The summed E-state index contributed by atoms with van der Waals surface area (Å²) >= 11 is 6.06. The standard InChI is InChI=1S/C20H22ClFN6O2/c21-11-6-14-15(9-24-18(14)23-8-11)19-25-10-16(22)20(28-19)27-13-3-1-2-12(7-13)26-17(30)4-5-29/h6,8-10,12-13,29H,1-5,7H2,(H,23,24)(H,26,30)(H,25,27,28)/t12-,13+/m1/s1. The Morgan fingerprint density at radius 1 is 1.30 bits per heavy atom. The zero-order valence-electron chi connectivity index (χ0n) is 16.2. The number of amides is 1. The van der Waals surface area contributed by atoms with E-state index in [2.05, 4.69) is 30.6 Å². The van der Waals surface area contributed by atoms with E-state index in [1.54, 1.807) is 18.5 Å². The van der Waals surface area contributed by atoms with Crippen molar-refractivity contribution in [3.05, 3.63) is 35.5 Å². The van der Waals surface area contributed by atoms with E-state index in [-0.39, 0.29) is 36.8 Å². The second-order valence-electron chi connectivity index (χ2n) is 7.39. The van der Waals surface area contributed by atoms with Crippen LogP contribution >= 0.6 is 11.6 Å². The van der Waals surface area contributed by atoms with E-state index in [1.807, 2.05) is 0 Å². The van der Waals surface area contributed by atoms with Crippen molar-refractivity contribution in [1.82, 2.24) is 25.3 Å². The highest BCUT2D eigenvalue weighted by Gasteiger charge is 2.24. The summed E-state index contributed by atoms with van der Waals surface area (Å²) in [5.41, 5.74) is 1.33. The predicted octanol–water partition coefficient (Wildman–Crippen LogP) is 3.03. The van der Waals surface area contributed by atoms with Crippen LogP contribution in [0.25, 0.3) is 22.4 Å². The van der Waals surface area contributed by atoms with Gasteiger partial charge in [-0.25, -0.2) is 19.3 Å². The van der Waals surface area contributed by atoms with E-state index in [0.29, 0.717) is 28.5 Å². The van der Waals surface area contributed by atoms with Crippen LogP contribution in [0.4, 0.5) is 10.2 Å². The fraction of sp³-hybridized carbons (Fsp3) is 0.400. The smallest absolute Gasteiger partial charge is 0.222 e. The monoisotopic (exact) mass is 432 g/mol. The third-order valence-electron chi connectivity index (χ3n) is 5.20. The van der Waals surface area contributed by atoms with Crippen LogP contribution in [0, 0.1) is 5.82 Å². The topological polar surface area (TPSA) is 116 Å². The van der Waals surface area contributed by atoms with Gasteiger partial charge in [0.15, 0.2) is 17.5 Å². The Labute approximate surface area is 177 Å². The molecule has 1 saturated carbocycles. The number of pyridine rings is 1. The summed E-state index contributed by atoms with van der Waals surface area (Å²) in [6.45, 7) is -0.177. The van der Waals surface area contributed by atoms with Gasteiger partial charge >= 0.3 is 0 Å². The maximum absolute atomic E-state index is 14.4. The van der Waals surface area contributed by atoms with Gasteiger partial charge < -0.3 is 20.7 Å². The molecule has 1 aliphatic rings. The Kier molecular flexibility index (Phi) is 6.10. The number of carbonyl (C=O) groups excluding carboxylic acids is 1. The van der Waals surface area contributed by atoms with Gasteiger partial charge in [-0.2, -0.15) is 0 Å². The van der Waals surface area contributed by atoms with Crippen molar-refractivity contribution in [2.45, 2.75) is 44.2 Å². The van der Waals surface area contributed by atoms with Gasteiger partial charge in [0.05, 0.1) is 17.8 Å². The van der Waals surface area contributed by atoms with Crippen LogP contribution in [0.15, 0.2) is 24.7 Å². The van der Waals surface area contributed by atoms with Gasteiger partial charge in [-0.05, 0) is 31.7 Å². The molecule has 3 aromatic heterocycles. The van der Waals surface area contributed by atoms with Crippen molar-refractivity contribution in [3.8, 4) is 11.4 Å². The van der Waals surface area contributed by atoms with Gasteiger partial charge in [0, 0.05) is 41.8 Å². The van der Waals surface area contributed by atoms with E-state index in [0.717, 1.165) is 30.8 Å². The Balaban J connectivity index is 1.52. The van der Waals surface area contributed by atoms with Crippen molar-refractivity contribution < 1.29 is 14.3 Å². The quantitative estimate of drug-likeness (QED) is 0.476. The van der Waals surface area contributed by atoms with Crippen LogP contribution in [-0.2, 0) is 4.79 Å². The molecule has 3 heterocycles. The molecule has 1 fully saturated rings. The zero-order valence-corrected chi connectivity index (χ0v) is 16.9. The lowest BCUT2D eigenvalue weighted by Gasteiger charge is -2.30. The molecule has 0 aromatic carbocycles. The lowest BCUT2D eigenvalue weighted by molar-refractivity contribution is -0.122. The van der Waals surface area contributed by atoms with Crippen molar-refractivity contribution >= 4 is 34.4 Å². The number of fused-ring (bicyclic) bond motifs is 1. The maximum Gasteiger partial charge on any atom is 0.222 e. The number of nitrogens with one attached hydrogen (secondary N) is 3. The molecule has 3 aromatic rings. The number of H-pyrrole nitrogens is 1. The number of nitrogens with zero attached hydrogens (tertiary/aromatic N) is 3. The van der Waals surface area contributed by atoms with E-state index >= 15 is 0 Å². The first kappa shape index (κ1) is 20.5. The number of aromatic nitrogens is 4. The minimum absolute atomic E-state index is 0.0125. The van der Waals surface area contributed by atoms with Gasteiger partial charge in [0.25, 0.3) is 0 Å². The second-order valence-corrected chi connectivity index (χ2v) is 7.82. The summed E-state index contributed by atoms with van der Waals surface area (Å²) in [7, 11) is 0. The number of hydrogen-bond donors (Lipinski definition) is 4. The molecule has 4 N–H and O–H groups in total. The first-order chi connectivity index (χ1) is 14.5. The summed E-state index contributed by atoms with van der Waals surface area (Å²) < 4.78 is 14.4. The van der Waals surface area contributed by atoms with E-state index in [4.69, 9.17) is 16.7 Å². The van der Waals surface area contributed by atoms with Gasteiger partial charge in [0.2, 0.25) is 5.91 Å². The number of anilines is 1. The van der Waals surface area contributed by atoms with Crippen LogP contribution in [0.2, 0.25) is 5.02 Å². The molecule has 0 unspecified atom stereocenters. The third-order valence-corrected chi connectivity index (χ3v) is 5.41. The molecule has 0 spiro atoms. The Bertz CT molecular complexity index is 1060. The lowest BCUT2D eigenvalue weighted by atomic mass is 9.91. The van der Waals surface area contributed by atoms with Crippen molar-refractivity contribution in [1.29, 1.82) is 0 Å². The summed E-state index contributed by atoms with van der Waals surface area (Å²) in [6, 6.07) is 1.71. The zero-order chi connectivity index (χ0) is 21.1. The van der Waals surface area contributed by atoms with Crippen LogP contribution < -0.4 is 10.6 Å². The normalized spacial score (nSPS) is 19.0. The molecule has 8 nitrogen and oxygen atoms in total. The van der Waals surface area contributed by atoms with Crippen molar-refractivity contribution in [3.63, 3.8) is 0 Å². The Morgan fingerprint density at radius 2 is 2.13 bits per heavy atom. The summed E-state index contributed by atoms with van der Waals surface area (Å²) in [6.07, 6.45) is 7.75. The first-order valence-corrected chi connectivity index (χ1v) is 10.2. The molecule has 0 radical (unpaired) electrons. The molecule has 0 saturated heterocycles. The molecule has 0 bridgehead atoms. The Morgan fingerprint density at radius 3 is 2.97 bits per heavy atom. The number of carbonyl (C=O) groups is 1. The van der Waals surface area contributed by atoms with E-state index < -0.39 is 5.82 Å². The number of aromatic amines is 1. The van der Waals surface area contributed by atoms with Crippen molar-refractivity contribution in [2.24, 2.45) is 0 Å². The molecule has 4 rings (SSSR count). The minimum Gasteiger partial charge on any atom is -0.396 e. The summed E-state index contributed by atoms with van der Waals surface area (Å²) in [5, 5.41) is 16.2. The fourth-order valence-electron chi connectivity index (χ4n) is 3.81. The van der Waals surface area contributed by atoms with Crippen molar-refractivity contribution in [2.75, 3.05) is 11.9 Å². The van der Waals surface area contributed by atoms with Crippen LogP contribution in [0.1, 0.15) is 32.1 Å². The number of rotatable bonds is 6. The minimum atomic E-state index is -0.541.